The Morgan fingerprint density at radius 1 is 0.929 bits per heavy atom. The summed E-state index contributed by atoms with van der Waals surface area (Å²) >= 11 is 3.68. The van der Waals surface area contributed by atoms with Gasteiger partial charge in [-0.25, -0.2) is 0 Å². The minimum atomic E-state index is -0.0859. The molecule has 28 heavy (non-hydrogen) atoms. The maximum Gasteiger partial charge on any atom is 0.179 e. The maximum atomic E-state index is 13.3. The van der Waals surface area contributed by atoms with E-state index >= 15 is 0 Å². The van der Waals surface area contributed by atoms with Gasteiger partial charge in [-0.1, -0.05) is 79.0 Å². The summed E-state index contributed by atoms with van der Waals surface area (Å²) in [5.74, 6) is 0.223. The van der Waals surface area contributed by atoms with E-state index in [0.717, 1.165) is 59.6 Å². The van der Waals surface area contributed by atoms with Crippen molar-refractivity contribution in [3.63, 3.8) is 0 Å². The molecule has 3 aromatic rings. The molecule has 0 aliphatic heterocycles. The molecule has 0 heterocycles. The minimum Gasteiger partial charge on any atom is -0.294 e. The van der Waals surface area contributed by atoms with Crippen LogP contribution in [0.2, 0.25) is 0 Å². The smallest absolute Gasteiger partial charge is 0.179 e. The Kier molecular flexibility index (Phi) is 7.25. The first-order chi connectivity index (χ1) is 13.6. The molecule has 0 N–H and O–H groups in total. The van der Waals surface area contributed by atoms with Gasteiger partial charge < -0.3 is 0 Å². The van der Waals surface area contributed by atoms with Crippen molar-refractivity contribution in [2.75, 3.05) is 13.1 Å². The predicted molar refractivity (Wildman–Crippen MR) is 124 cm³/mol. The normalized spacial score (nSPS) is 12.8. The third kappa shape index (κ3) is 4.47. The molecule has 0 saturated heterocycles. The fourth-order valence-corrected chi connectivity index (χ4v) is 4.43. The van der Waals surface area contributed by atoms with Crippen LogP contribution in [0.4, 0.5) is 0 Å². The van der Waals surface area contributed by atoms with Gasteiger partial charge in [-0.15, -0.1) is 0 Å². The summed E-state index contributed by atoms with van der Waals surface area (Å²) in [6.45, 7) is 8.46. The number of Topliss-reactive ketones (excluding diaryl/α,β-unsaturated/α-hetero) is 1. The lowest BCUT2D eigenvalue weighted by molar-refractivity contribution is 0.0833. The molecule has 1 atom stereocenters. The molecule has 0 fully saturated rings. The number of benzene rings is 3. The molecule has 0 unspecified atom stereocenters. The number of hydrogen-bond donors (Lipinski definition) is 0. The van der Waals surface area contributed by atoms with Crippen molar-refractivity contribution in [3.05, 3.63) is 58.6 Å². The van der Waals surface area contributed by atoms with Crippen LogP contribution in [0.3, 0.4) is 0 Å². The van der Waals surface area contributed by atoms with Gasteiger partial charge >= 0.3 is 0 Å². The predicted octanol–water partition coefficient (Wildman–Crippen LogP) is 7.23. The zero-order valence-corrected chi connectivity index (χ0v) is 18.8. The molecule has 2 nitrogen and oxygen atoms in total. The van der Waals surface area contributed by atoms with Gasteiger partial charge in [0.25, 0.3) is 0 Å². The molecule has 0 aliphatic rings. The van der Waals surface area contributed by atoms with Crippen molar-refractivity contribution in [2.45, 2.75) is 52.5 Å². The summed E-state index contributed by atoms with van der Waals surface area (Å²) in [5, 5.41) is 4.66. The van der Waals surface area contributed by atoms with E-state index in [-0.39, 0.29) is 11.8 Å². The first-order valence-electron chi connectivity index (χ1n) is 10.5. The van der Waals surface area contributed by atoms with Crippen LogP contribution in [0.25, 0.3) is 21.5 Å². The zero-order chi connectivity index (χ0) is 20.1. The summed E-state index contributed by atoms with van der Waals surface area (Å²) in [4.78, 5) is 15.7. The van der Waals surface area contributed by atoms with Crippen molar-refractivity contribution in [1.82, 2.24) is 4.90 Å². The fourth-order valence-electron chi connectivity index (χ4n) is 3.84. The maximum absolute atomic E-state index is 13.3. The summed E-state index contributed by atoms with van der Waals surface area (Å²) < 4.78 is 1.09. The Hall–Kier alpha value is -1.71. The number of fused-ring (bicyclic) bond motifs is 3. The molecule has 0 radical (unpaired) electrons. The molecule has 0 aromatic heterocycles. The number of carbonyl (C=O) groups is 1. The highest BCUT2D eigenvalue weighted by Crippen LogP contribution is 2.32. The molecule has 3 rings (SSSR count). The second-order valence-electron chi connectivity index (χ2n) is 7.62. The summed E-state index contributed by atoms with van der Waals surface area (Å²) in [6, 6.07) is 16.6. The monoisotopic (exact) mass is 439 g/mol. The van der Waals surface area contributed by atoms with Gasteiger partial charge in [-0.05, 0) is 66.5 Å². The van der Waals surface area contributed by atoms with Crippen LogP contribution in [0.5, 0.6) is 0 Å². The minimum absolute atomic E-state index is 0.0859. The molecule has 0 amide bonds. The lowest BCUT2D eigenvalue weighted by atomic mass is 9.96. The first kappa shape index (κ1) is 21.0. The van der Waals surface area contributed by atoms with E-state index in [9.17, 15) is 4.79 Å². The Labute approximate surface area is 177 Å². The van der Waals surface area contributed by atoms with Crippen LogP contribution in [0, 0.1) is 0 Å². The average Bonchev–Trinajstić information content (AvgIpc) is 2.73. The van der Waals surface area contributed by atoms with Gasteiger partial charge in [-0.2, -0.15) is 0 Å². The molecular weight excluding hydrogens is 410 g/mol. The largest absolute Gasteiger partial charge is 0.294 e. The summed E-state index contributed by atoms with van der Waals surface area (Å²) in [5.41, 5.74) is 0.811. The summed E-state index contributed by atoms with van der Waals surface area (Å²) in [7, 11) is 0. The van der Waals surface area contributed by atoms with Gasteiger partial charge in [0.1, 0.15) is 0 Å². The van der Waals surface area contributed by atoms with Crippen LogP contribution < -0.4 is 0 Å². The van der Waals surface area contributed by atoms with Crippen molar-refractivity contribution in [1.29, 1.82) is 0 Å². The van der Waals surface area contributed by atoms with Crippen LogP contribution in [-0.2, 0) is 0 Å². The molecule has 148 valence electrons. The van der Waals surface area contributed by atoms with E-state index in [1.165, 1.54) is 10.8 Å². The Morgan fingerprint density at radius 2 is 1.57 bits per heavy atom. The number of unbranched alkanes of at least 4 members (excludes halogenated alkanes) is 2. The SMILES string of the molecule is CCCCN(CCCC)[C@@H](C)C(=O)c1ccc2cc(Br)c3ccccc3c2c1. The second kappa shape index (κ2) is 9.67. The van der Waals surface area contributed by atoms with E-state index in [0.29, 0.717) is 0 Å². The van der Waals surface area contributed by atoms with Crippen LogP contribution in [0.15, 0.2) is 53.0 Å². The van der Waals surface area contributed by atoms with Crippen molar-refractivity contribution < 1.29 is 4.79 Å². The number of halogens is 1. The van der Waals surface area contributed by atoms with Crippen LogP contribution in [0.1, 0.15) is 56.8 Å². The fraction of sp³-hybridized carbons (Fsp3) is 0.400. The van der Waals surface area contributed by atoms with Crippen LogP contribution in [-0.4, -0.2) is 29.8 Å². The quantitative estimate of drug-likeness (QED) is 0.258. The van der Waals surface area contributed by atoms with Gasteiger partial charge in [0, 0.05) is 10.0 Å². The highest BCUT2D eigenvalue weighted by atomic mass is 79.9. The molecule has 0 aliphatic carbocycles. The lowest BCUT2D eigenvalue weighted by Gasteiger charge is -2.28. The Morgan fingerprint density at radius 3 is 2.21 bits per heavy atom. The average molecular weight is 440 g/mol. The van der Waals surface area contributed by atoms with Crippen molar-refractivity contribution in [3.8, 4) is 0 Å². The lowest BCUT2D eigenvalue weighted by Crippen LogP contribution is -2.40. The van der Waals surface area contributed by atoms with Crippen molar-refractivity contribution in [2.24, 2.45) is 0 Å². The van der Waals surface area contributed by atoms with Gasteiger partial charge in [0.05, 0.1) is 6.04 Å². The number of ketones is 1. The number of nitrogens with zero attached hydrogens (tertiary/aromatic N) is 1. The third-order valence-corrected chi connectivity index (χ3v) is 6.28. The Balaban J connectivity index is 1.96. The van der Waals surface area contributed by atoms with E-state index in [1.807, 2.05) is 6.07 Å². The highest BCUT2D eigenvalue weighted by Gasteiger charge is 2.22. The zero-order valence-electron chi connectivity index (χ0n) is 17.2. The molecular formula is C25H30BrNO. The standard InChI is InChI=1S/C25H30BrNO/c1-4-6-14-27(15-7-5-2)18(3)25(28)20-13-12-19-17-24(26)22-11-9-8-10-21(22)23(19)16-20/h8-13,16-18H,4-7,14-15H2,1-3H3/t18-/m0/s1. The number of hydrogen-bond acceptors (Lipinski definition) is 2. The first-order valence-corrected chi connectivity index (χ1v) is 11.2. The van der Waals surface area contributed by atoms with Crippen molar-refractivity contribution >= 4 is 43.3 Å². The highest BCUT2D eigenvalue weighted by molar-refractivity contribution is 9.10. The molecule has 0 spiro atoms. The van der Waals surface area contributed by atoms with E-state index in [2.05, 4.69) is 84.1 Å². The van der Waals surface area contributed by atoms with E-state index in [4.69, 9.17) is 0 Å². The van der Waals surface area contributed by atoms with Gasteiger partial charge in [0.15, 0.2) is 5.78 Å². The number of carbonyl (C=O) groups excluding carboxylic acids is 1. The molecule has 3 aromatic carbocycles. The Bertz CT molecular complexity index is 957. The molecule has 0 bridgehead atoms. The molecule has 0 saturated carbocycles. The van der Waals surface area contributed by atoms with Crippen LogP contribution >= 0.6 is 15.9 Å². The van der Waals surface area contributed by atoms with Gasteiger partial charge in [0.2, 0.25) is 0 Å². The summed E-state index contributed by atoms with van der Waals surface area (Å²) in [6.07, 6.45) is 4.58. The van der Waals surface area contributed by atoms with E-state index in [1.54, 1.807) is 0 Å². The third-order valence-electron chi connectivity index (χ3n) is 5.62. The van der Waals surface area contributed by atoms with Gasteiger partial charge in [-0.3, -0.25) is 9.69 Å². The van der Waals surface area contributed by atoms with E-state index < -0.39 is 0 Å². The molecule has 3 heteroatoms. The number of rotatable bonds is 9. The topological polar surface area (TPSA) is 20.3 Å². The second-order valence-corrected chi connectivity index (χ2v) is 8.48.